The zero-order chi connectivity index (χ0) is 15.0. The van der Waals surface area contributed by atoms with Crippen molar-refractivity contribution in [1.82, 2.24) is 16.0 Å². The molecule has 2 atom stereocenters. The van der Waals surface area contributed by atoms with Gasteiger partial charge in [0.05, 0.1) is 0 Å². The molecule has 0 aromatic heterocycles. The molecule has 2 aliphatic rings. The molecule has 2 rings (SSSR count). The van der Waals surface area contributed by atoms with Crippen LogP contribution in [0.15, 0.2) is 0 Å². The predicted octanol–water partition coefficient (Wildman–Crippen LogP) is 1.80. The summed E-state index contributed by atoms with van der Waals surface area (Å²) in [5.41, 5.74) is 0.169. The zero-order valence-corrected chi connectivity index (χ0v) is 13.7. The van der Waals surface area contributed by atoms with Gasteiger partial charge in [-0.3, -0.25) is 4.79 Å². The summed E-state index contributed by atoms with van der Waals surface area (Å²) >= 11 is 0. The lowest BCUT2D eigenvalue weighted by molar-refractivity contribution is -0.127. The molecule has 4 heteroatoms. The second-order valence-electron chi connectivity index (χ2n) is 8.08. The first-order valence-electron chi connectivity index (χ1n) is 8.00. The SMILES string of the molecule is CC1CC(C(=O)NC2CC(C)(C)NC(C)(C)C2)CCN1. The quantitative estimate of drug-likeness (QED) is 0.723. The Morgan fingerprint density at radius 2 is 1.75 bits per heavy atom. The van der Waals surface area contributed by atoms with Crippen molar-refractivity contribution in [1.29, 1.82) is 0 Å². The first-order chi connectivity index (χ1) is 9.17. The van der Waals surface area contributed by atoms with Gasteiger partial charge in [0.25, 0.3) is 0 Å². The van der Waals surface area contributed by atoms with Crippen LogP contribution in [0.1, 0.15) is 60.3 Å². The zero-order valence-electron chi connectivity index (χ0n) is 13.7. The average Bonchev–Trinajstić information content (AvgIpc) is 2.24. The Labute approximate surface area is 123 Å². The number of hydrogen-bond donors (Lipinski definition) is 3. The minimum Gasteiger partial charge on any atom is -0.353 e. The fraction of sp³-hybridized carbons (Fsp3) is 0.938. The monoisotopic (exact) mass is 281 g/mol. The molecular weight excluding hydrogens is 250 g/mol. The van der Waals surface area contributed by atoms with Crippen LogP contribution in [0.5, 0.6) is 0 Å². The molecular formula is C16H31N3O. The van der Waals surface area contributed by atoms with Gasteiger partial charge in [-0.15, -0.1) is 0 Å². The molecule has 0 radical (unpaired) electrons. The van der Waals surface area contributed by atoms with E-state index in [1.165, 1.54) is 0 Å². The molecule has 0 aliphatic carbocycles. The van der Waals surface area contributed by atoms with Gasteiger partial charge in [0, 0.05) is 29.1 Å². The van der Waals surface area contributed by atoms with Crippen LogP contribution in [0, 0.1) is 5.92 Å². The van der Waals surface area contributed by atoms with E-state index in [4.69, 9.17) is 0 Å². The first kappa shape index (κ1) is 15.8. The van der Waals surface area contributed by atoms with Gasteiger partial charge < -0.3 is 16.0 Å². The lowest BCUT2D eigenvalue weighted by Crippen LogP contribution is -2.62. The first-order valence-corrected chi connectivity index (χ1v) is 8.00. The Morgan fingerprint density at radius 1 is 1.15 bits per heavy atom. The molecule has 2 heterocycles. The van der Waals surface area contributed by atoms with Crippen molar-refractivity contribution in [3.8, 4) is 0 Å². The Bertz CT molecular complexity index is 349. The minimum atomic E-state index is 0.0844. The highest BCUT2D eigenvalue weighted by Gasteiger charge is 2.39. The smallest absolute Gasteiger partial charge is 0.223 e. The number of carbonyl (C=O) groups excluding carboxylic acids is 1. The average molecular weight is 281 g/mol. The van der Waals surface area contributed by atoms with Crippen LogP contribution in [0.2, 0.25) is 0 Å². The molecule has 0 aromatic carbocycles. The van der Waals surface area contributed by atoms with Gasteiger partial charge in [0.15, 0.2) is 0 Å². The summed E-state index contributed by atoms with van der Waals surface area (Å²) in [6.07, 6.45) is 3.93. The van der Waals surface area contributed by atoms with Gasteiger partial charge in [-0.25, -0.2) is 0 Å². The summed E-state index contributed by atoms with van der Waals surface area (Å²) in [7, 11) is 0. The fourth-order valence-corrected chi connectivity index (χ4v) is 4.11. The van der Waals surface area contributed by atoms with Crippen molar-refractivity contribution in [3.63, 3.8) is 0 Å². The van der Waals surface area contributed by atoms with Crippen LogP contribution in [0.4, 0.5) is 0 Å². The van der Waals surface area contributed by atoms with Gasteiger partial charge in [0.1, 0.15) is 0 Å². The summed E-state index contributed by atoms with van der Waals surface area (Å²) in [6.45, 7) is 12.0. The normalized spacial score (nSPS) is 33.6. The van der Waals surface area contributed by atoms with Crippen LogP contribution in [-0.2, 0) is 4.79 Å². The van der Waals surface area contributed by atoms with Crippen molar-refractivity contribution in [2.24, 2.45) is 5.92 Å². The van der Waals surface area contributed by atoms with Crippen LogP contribution >= 0.6 is 0 Å². The summed E-state index contributed by atoms with van der Waals surface area (Å²) < 4.78 is 0. The van der Waals surface area contributed by atoms with E-state index < -0.39 is 0 Å². The largest absolute Gasteiger partial charge is 0.353 e. The highest BCUT2D eigenvalue weighted by atomic mass is 16.1. The Kier molecular flexibility index (Phi) is 4.45. The second kappa shape index (κ2) is 5.64. The lowest BCUT2D eigenvalue weighted by atomic mass is 9.79. The molecule has 0 bridgehead atoms. The maximum absolute atomic E-state index is 12.5. The Hall–Kier alpha value is -0.610. The highest BCUT2D eigenvalue weighted by Crippen LogP contribution is 2.29. The number of amides is 1. The Morgan fingerprint density at radius 3 is 2.30 bits per heavy atom. The van der Waals surface area contributed by atoms with Gasteiger partial charge in [-0.1, -0.05) is 0 Å². The summed E-state index contributed by atoms with van der Waals surface area (Å²) in [6, 6.07) is 0.749. The standard InChI is InChI=1S/C16H31N3O/c1-11-8-12(6-7-17-11)14(20)18-13-9-15(2,3)19-16(4,5)10-13/h11-13,17,19H,6-10H2,1-5H3,(H,18,20). The van der Waals surface area contributed by atoms with E-state index >= 15 is 0 Å². The van der Waals surface area contributed by atoms with Crippen LogP contribution in [-0.4, -0.2) is 35.6 Å². The Balaban J connectivity index is 1.93. The third kappa shape index (κ3) is 4.19. The maximum atomic E-state index is 12.5. The topological polar surface area (TPSA) is 53.2 Å². The molecule has 2 saturated heterocycles. The molecule has 20 heavy (non-hydrogen) atoms. The van der Waals surface area contributed by atoms with Gasteiger partial charge in [-0.2, -0.15) is 0 Å². The number of rotatable bonds is 2. The van der Waals surface area contributed by atoms with E-state index in [1.807, 2.05) is 0 Å². The van der Waals surface area contributed by atoms with Crippen LogP contribution < -0.4 is 16.0 Å². The van der Waals surface area contributed by atoms with E-state index in [-0.39, 0.29) is 22.9 Å². The van der Waals surface area contributed by atoms with Crippen LogP contribution in [0.25, 0.3) is 0 Å². The summed E-state index contributed by atoms with van der Waals surface area (Å²) in [5, 5.41) is 10.4. The molecule has 2 fully saturated rings. The van der Waals surface area contributed by atoms with Crippen molar-refractivity contribution in [2.75, 3.05) is 6.54 Å². The van der Waals surface area contributed by atoms with Gasteiger partial charge >= 0.3 is 0 Å². The lowest BCUT2D eigenvalue weighted by Gasteiger charge is -2.47. The third-order valence-corrected chi connectivity index (χ3v) is 4.53. The number of piperidine rings is 2. The van der Waals surface area contributed by atoms with Crippen molar-refractivity contribution in [3.05, 3.63) is 0 Å². The minimum absolute atomic E-state index is 0.0844. The molecule has 3 N–H and O–H groups in total. The molecule has 4 nitrogen and oxygen atoms in total. The van der Waals surface area contributed by atoms with Crippen LogP contribution in [0.3, 0.4) is 0 Å². The van der Waals surface area contributed by atoms with E-state index in [0.29, 0.717) is 12.1 Å². The number of carbonyl (C=O) groups is 1. The van der Waals surface area contributed by atoms with Gasteiger partial charge in [0.2, 0.25) is 5.91 Å². The predicted molar refractivity (Wildman–Crippen MR) is 82.6 cm³/mol. The maximum Gasteiger partial charge on any atom is 0.223 e. The number of nitrogens with one attached hydrogen (secondary N) is 3. The van der Waals surface area contributed by atoms with E-state index in [1.54, 1.807) is 0 Å². The highest BCUT2D eigenvalue weighted by molar-refractivity contribution is 5.79. The van der Waals surface area contributed by atoms with E-state index in [9.17, 15) is 4.79 Å². The summed E-state index contributed by atoms with van der Waals surface area (Å²) in [5.74, 6) is 0.448. The van der Waals surface area contributed by atoms with Gasteiger partial charge in [-0.05, 0) is 66.8 Å². The third-order valence-electron chi connectivity index (χ3n) is 4.53. The number of hydrogen-bond acceptors (Lipinski definition) is 3. The van der Waals surface area contributed by atoms with Crippen molar-refractivity contribution >= 4 is 5.91 Å². The molecule has 0 aromatic rings. The summed E-state index contributed by atoms with van der Waals surface area (Å²) in [4.78, 5) is 12.5. The van der Waals surface area contributed by atoms with E-state index in [2.05, 4.69) is 50.6 Å². The molecule has 0 saturated carbocycles. The molecule has 0 spiro atoms. The fourth-order valence-electron chi connectivity index (χ4n) is 4.11. The molecule has 2 unspecified atom stereocenters. The van der Waals surface area contributed by atoms with Crippen molar-refractivity contribution < 1.29 is 4.79 Å². The van der Waals surface area contributed by atoms with E-state index in [0.717, 1.165) is 32.2 Å². The molecule has 116 valence electrons. The molecule has 1 amide bonds. The second-order valence-corrected chi connectivity index (χ2v) is 8.08. The van der Waals surface area contributed by atoms with Crippen molar-refractivity contribution in [2.45, 2.75) is 83.5 Å². The molecule has 2 aliphatic heterocycles.